The highest BCUT2D eigenvalue weighted by Gasteiger charge is 2.40. The maximum atomic E-state index is 12.5. The third kappa shape index (κ3) is 3.41. The first-order valence-electron chi connectivity index (χ1n) is 9.67. The minimum atomic E-state index is -1.21. The number of phenolic OH excluding ortho intramolecular Hbond substituents is 2. The quantitative estimate of drug-likeness (QED) is 0.312. The predicted octanol–water partition coefficient (Wildman–Crippen LogP) is 5.79. The Morgan fingerprint density at radius 2 is 1.48 bits per heavy atom. The van der Waals surface area contributed by atoms with Crippen LogP contribution >= 0.6 is 23.2 Å². The molecule has 3 N–H and O–H groups in total. The maximum absolute atomic E-state index is 12.5. The zero-order valence-electron chi connectivity index (χ0n) is 17.3. The van der Waals surface area contributed by atoms with Gasteiger partial charge in [0.15, 0.2) is 11.6 Å². The summed E-state index contributed by atoms with van der Waals surface area (Å²) in [4.78, 5) is 36.9. The lowest BCUT2D eigenvalue weighted by Crippen LogP contribution is -2.19. The van der Waals surface area contributed by atoms with Crippen molar-refractivity contribution in [2.45, 2.75) is 19.8 Å². The zero-order chi connectivity index (χ0) is 24.2. The molecule has 0 spiro atoms. The SMILES string of the molecule is CC(=O)c1c(O)ccc2c1Oc1c(C(C)=O)c(O)c(Cl)c(Cl)c1C2c1ccccc1C(=O)O. The summed E-state index contributed by atoms with van der Waals surface area (Å²) in [5.41, 5.74) is 0.290. The fourth-order valence-corrected chi connectivity index (χ4v) is 4.63. The van der Waals surface area contributed by atoms with Gasteiger partial charge in [0.2, 0.25) is 0 Å². The molecule has 0 bridgehead atoms. The number of aromatic hydroxyl groups is 2. The van der Waals surface area contributed by atoms with E-state index in [2.05, 4.69) is 0 Å². The summed E-state index contributed by atoms with van der Waals surface area (Å²) in [5, 5.41) is 30.3. The minimum Gasteiger partial charge on any atom is -0.507 e. The highest BCUT2D eigenvalue weighted by molar-refractivity contribution is 6.44. The normalized spacial score (nSPS) is 14.1. The molecule has 0 saturated heterocycles. The molecule has 1 heterocycles. The fraction of sp³-hybridized carbons (Fsp3) is 0.125. The Morgan fingerprint density at radius 1 is 0.848 bits per heavy atom. The summed E-state index contributed by atoms with van der Waals surface area (Å²) in [6.07, 6.45) is 0. The summed E-state index contributed by atoms with van der Waals surface area (Å²) in [6.45, 7) is 2.42. The molecule has 0 amide bonds. The van der Waals surface area contributed by atoms with Crippen LogP contribution in [0.4, 0.5) is 0 Å². The Labute approximate surface area is 197 Å². The summed E-state index contributed by atoms with van der Waals surface area (Å²) in [5.74, 6) is -4.47. The average Bonchev–Trinajstić information content (AvgIpc) is 2.75. The van der Waals surface area contributed by atoms with Crippen LogP contribution in [0.1, 0.15) is 67.5 Å². The highest BCUT2D eigenvalue weighted by Crippen LogP contribution is 2.57. The van der Waals surface area contributed by atoms with Gasteiger partial charge in [0, 0.05) is 17.0 Å². The lowest BCUT2D eigenvalue weighted by atomic mass is 9.78. The van der Waals surface area contributed by atoms with Crippen LogP contribution in [-0.2, 0) is 0 Å². The van der Waals surface area contributed by atoms with Gasteiger partial charge >= 0.3 is 5.97 Å². The third-order valence-corrected chi connectivity index (χ3v) is 6.38. The van der Waals surface area contributed by atoms with Crippen molar-refractivity contribution < 1.29 is 34.4 Å². The molecule has 0 fully saturated rings. The highest BCUT2D eigenvalue weighted by atomic mass is 35.5. The average molecular weight is 487 g/mol. The van der Waals surface area contributed by atoms with Gasteiger partial charge < -0.3 is 20.1 Å². The topological polar surface area (TPSA) is 121 Å². The molecular formula is C24H16Cl2O7. The zero-order valence-corrected chi connectivity index (χ0v) is 18.8. The molecule has 1 aliphatic rings. The van der Waals surface area contributed by atoms with Crippen molar-refractivity contribution >= 4 is 40.7 Å². The van der Waals surface area contributed by atoms with Crippen LogP contribution in [0.2, 0.25) is 10.0 Å². The number of phenols is 2. The van der Waals surface area contributed by atoms with Crippen molar-refractivity contribution in [2.75, 3.05) is 0 Å². The Kier molecular flexibility index (Phi) is 5.56. The Balaban J connectivity index is 2.22. The number of fused-ring (bicyclic) bond motifs is 2. The maximum Gasteiger partial charge on any atom is 0.335 e. The predicted molar refractivity (Wildman–Crippen MR) is 121 cm³/mol. The van der Waals surface area contributed by atoms with Gasteiger partial charge in [0.25, 0.3) is 0 Å². The molecule has 1 atom stereocenters. The molecule has 0 aliphatic carbocycles. The van der Waals surface area contributed by atoms with Gasteiger partial charge in [0.05, 0.1) is 10.6 Å². The van der Waals surface area contributed by atoms with Gasteiger partial charge in [-0.2, -0.15) is 0 Å². The molecule has 33 heavy (non-hydrogen) atoms. The molecule has 4 rings (SSSR count). The van der Waals surface area contributed by atoms with Crippen molar-refractivity contribution in [1.29, 1.82) is 0 Å². The number of aromatic carboxylic acids is 1. The first kappa shape index (κ1) is 22.6. The van der Waals surface area contributed by atoms with Crippen LogP contribution in [0.25, 0.3) is 0 Å². The van der Waals surface area contributed by atoms with E-state index < -0.39 is 29.2 Å². The van der Waals surface area contributed by atoms with Crippen LogP contribution in [-0.4, -0.2) is 32.9 Å². The Morgan fingerprint density at radius 3 is 2.09 bits per heavy atom. The van der Waals surface area contributed by atoms with Crippen LogP contribution in [0.15, 0.2) is 36.4 Å². The van der Waals surface area contributed by atoms with E-state index in [-0.39, 0.29) is 55.1 Å². The summed E-state index contributed by atoms with van der Waals surface area (Å²) >= 11 is 12.8. The van der Waals surface area contributed by atoms with E-state index >= 15 is 0 Å². The van der Waals surface area contributed by atoms with Crippen molar-refractivity contribution in [2.24, 2.45) is 0 Å². The number of carboxylic acid groups (broad SMARTS) is 1. The van der Waals surface area contributed by atoms with E-state index in [0.717, 1.165) is 0 Å². The van der Waals surface area contributed by atoms with Gasteiger partial charge in [-0.1, -0.05) is 47.5 Å². The number of Topliss-reactive ketones (excluding diaryl/α,β-unsaturated/α-hetero) is 2. The van der Waals surface area contributed by atoms with Crippen molar-refractivity contribution in [1.82, 2.24) is 0 Å². The number of ketones is 2. The number of hydrogen-bond acceptors (Lipinski definition) is 6. The second-order valence-electron chi connectivity index (χ2n) is 7.51. The number of hydrogen-bond donors (Lipinski definition) is 3. The Hall–Kier alpha value is -3.55. The molecule has 168 valence electrons. The first-order valence-corrected chi connectivity index (χ1v) is 10.4. The van der Waals surface area contributed by atoms with Gasteiger partial charge in [-0.15, -0.1) is 0 Å². The summed E-state index contributed by atoms with van der Waals surface area (Å²) < 4.78 is 5.96. The second-order valence-corrected chi connectivity index (χ2v) is 8.27. The van der Waals surface area contributed by atoms with E-state index in [0.29, 0.717) is 5.56 Å². The standard InChI is InChI=1S/C24H16Cl2O7/c1-9(27)15-14(29)8-7-13-17(11-5-3-4-6-12(11)24(31)32)18-19(25)20(26)21(30)16(10(2)28)23(18)33-22(13)15/h3-8,17,29-30H,1-2H3,(H,31,32). The molecule has 1 unspecified atom stereocenters. The number of carboxylic acids is 1. The number of benzene rings is 3. The van der Waals surface area contributed by atoms with E-state index in [4.69, 9.17) is 27.9 Å². The molecular weight excluding hydrogens is 471 g/mol. The molecule has 0 saturated carbocycles. The van der Waals surface area contributed by atoms with Crippen molar-refractivity contribution in [3.8, 4) is 23.0 Å². The van der Waals surface area contributed by atoms with E-state index in [1.165, 1.54) is 32.0 Å². The van der Waals surface area contributed by atoms with Crippen LogP contribution in [0, 0.1) is 0 Å². The van der Waals surface area contributed by atoms with Gasteiger partial charge in [-0.3, -0.25) is 9.59 Å². The van der Waals surface area contributed by atoms with Crippen LogP contribution in [0.5, 0.6) is 23.0 Å². The number of carbonyl (C=O) groups is 3. The fourth-order valence-electron chi connectivity index (χ4n) is 4.15. The van der Waals surface area contributed by atoms with E-state index in [9.17, 15) is 29.7 Å². The van der Waals surface area contributed by atoms with Crippen LogP contribution in [0.3, 0.4) is 0 Å². The Bertz CT molecular complexity index is 1380. The third-order valence-electron chi connectivity index (χ3n) is 5.52. The lowest BCUT2D eigenvalue weighted by Gasteiger charge is -2.33. The minimum absolute atomic E-state index is 0.0524. The molecule has 0 aromatic heterocycles. The number of rotatable bonds is 4. The molecule has 0 radical (unpaired) electrons. The molecule has 1 aliphatic heterocycles. The number of halogens is 2. The molecule has 7 nitrogen and oxygen atoms in total. The smallest absolute Gasteiger partial charge is 0.335 e. The number of ether oxygens (including phenoxy) is 1. The molecule has 3 aromatic rings. The van der Waals surface area contributed by atoms with E-state index in [1.807, 2.05) is 0 Å². The molecule has 9 heteroatoms. The first-order chi connectivity index (χ1) is 15.6. The van der Waals surface area contributed by atoms with Gasteiger partial charge in [-0.25, -0.2) is 4.79 Å². The largest absolute Gasteiger partial charge is 0.507 e. The van der Waals surface area contributed by atoms with Gasteiger partial charge in [0.1, 0.15) is 39.1 Å². The van der Waals surface area contributed by atoms with E-state index in [1.54, 1.807) is 18.2 Å². The van der Waals surface area contributed by atoms with Crippen molar-refractivity contribution in [3.05, 3.63) is 79.8 Å². The monoisotopic (exact) mass is 486 g/mol. The summed E-state index contributed by atoms with van der Waals surface area (Å²) in [6, 6.07) is 8.93. The second kappa shape index (κ2) is 8.10. The summed E-state index contributed by atoms with van der Waals surface area (Å²) in [7, 11) is 0. The number of carbonyl (C=O) groups excluding carboxylic acids is 2. The van der Waals surface area contributed by atoms with Gasteiger partial charge in [-0.05, 0) is 31.5 Å². The van der Waals surface area contributed by atoms with Crippen LogP contribution < -0.4 is 4.74 Å². The van der Waals surface area contributed by atoms with Crippen molar-refractivity contribution in [3.63, 3.8) is 0 Å². The molecule has 3 aromatic carbocycles. The lowest BCUT2D eigenvalue weighted by molar-refractivity contribution is 0.0694.